The van der Waals surface area contributed by atoms with E-state index >= 15 is 0 Å². The minimum atomic E-state index is -0.518. The molecule has 0 amide bonds. The molecule has 6 rings (SSSR count). The largest absolute Gasteiger partial charge is 0.455 e. The van der Waals surface area contributed by atoms with Crippen LogP contribution in [0.15, 0.2) is 59.1 Å². The molecule has 2 fully saturated rings. The molecule has 0 saturated heterocycles. The number of hydrogen-bond acceptors (Lipinski definition) is 1. The topological polar surface area (TPSA) is 17.0 Å². The van der Waals surface area contributed by atoms with Crippen LogP contribution in [0.5, 0.6) is 0 Å². The normalized spacial score (nSPS) is 26.9. The van der Waals surface area contributed by atoms with E-state index in [1.807, 2.05) is 0 Å². The second-order valence-electron chi connectivity index (χ2n) is 9.08. The molecule has 2 nitrogen and oxygen atoms in total. The highest BCUT2D eigenvalue weighted by Crippen LogP contribution is 2.52. The number of hydrogen-bond donors (Lipinski definition) is 0. The van der Waals surface area contributed by atoms with Crippen molar-refractivity contribution in [3.8, 4) is 11.3 Å². The highest BCUT2D eigenvalue weighted by molar-refractivity contribution is 6.10. The van der Waals surface area contributed by atoms with E-state index in [4.69, 9.17) is 4.42 Å². The third-order valence-electron chi connectivity index (χ3n) is 7.40. The molecule has 2 aromatic carbocycles. The van der Waals surface area contributed by atoms with Gasteiger partial charge in [0.2, 0.25) is 5.69 Å². The van der Waals surface area contributed by atoms with Crippen molar-refractivity contribution in [2.45, 2.75) is 44.9 Å². The second kappa shape index (κ2) is 6.45. The quantitative estimate of drug-likeness (QED) is 0.353. The third kappa shape index (κ3) is 2.58. The van der Waals surface area contributed by atoms with Crippen LogP contribution >= 0.6 is 0 Å². The lowest BCUT2D eigenvalue weighted by molar-refractivity contribution is -0.660. The Hall–Kier alpha value is -2.61. The molecule has 0 radical (unpaired) electrons. The van der Waals surface area contributed by atoms with Crippen molar-refractivity contribution in [2.24, 2.45) is 18.9 Å². The van der Waals surface area contributed by atoms with Crippen molar-refractivity contribution in [2.75, 3.05) is 0 Å². The van der Waals surface area contributed by atoms with E-state index in [0.29, 0.717) is 0 Å². The fourth-order valence-electron chi connectivity index (χ4n) is 5.93. The van der Waals surface area contributed by atoms with E-state index < -0.39 is 5.89 Å². The lowest BCUT2D eigenvalue weighted by Gasteiger charge is -2.11. The summed E-state index contributed by atoms with van der Waals surface area (Å²) >= 11 is 0. The molecule has 2 heterocycles. The van der Waals surface area contributed by atoms with Crippen molar-refractivity contribution >= 4 is 21.9 Å². The van der Waals surface area contributed by atoms with Crippen molar-refractivity contribution in [3.63, 3.8) is 0 Å². The van der Waals surface area contributed by atoms with Gasteiger partial charge >= 0.3 is 0 Å². The Morgan fingerprint density at radius 3 is 2.52 bits per heavy atom. The maximum atomic E-state index is 9.41. The molecule has 0 N–H and O–H groups in total. The summed E-state index contributed by atoms with van der Waals surface area (Å²) < 4.78 is 18.2. The fraction of sp³-hybridized carbons (Fsp3) is 0.370. The Bertz CT molecular complexity index is 1280. The molecule has 2 heteroatoms. The number of nitrogens with zero attached hydrogens (tertiary/aromatic N) is 1. The maximum Gasteiger partial charge on any atom is 0.216 e. The van der Waals surface area contributed by atoms with Crippen LogP contribution in [-0.4, -0.2) is 0 Å². The molecule has 0 aliphatic heterocycles. The molecule has 0 spiro atoms. The minimum absolute atomic E-state index is 0.518. The Morgan fingerprint density at radius 2 is 1.72 bits per heavy atom. The van der Waals surface area contributed by atoms with E-state index in [0.717, 1.165) is 63.4 Å². The molecule has 29 heavy (non-hydrogen) atoms. The SMILES string of the molecule is [2H]C1(c2cccc3c2oc2c(-c4cccc[n+]4C)c(C)ccc23)CC2CCCC2C1. The van der Waals surface area contributed by atoms with E-state index in [9.17, 15) is 1.37 Å². The predicted molar refractivity (Wildman–Crippen MR) is 118 cm³/mol. The summed E-state index contributed by atoms with van der Waals surface area (Å²) in [5.74, 6) is 0.932. The number of para-hydroxylation sites is 1. The third-order valence-corrected chi connectivity index (χ3v) is 7.40. The van der Waals surface area contributed by atoms with Crippen LogP contribution in [0.3, 0.4) is 0 Å². The molecule has 2 saturated carbocycles. The van der Waals surface area contributed by atoms with Gasteiger partial charge in [-0.2, -0.15) is 0 Å². The van der Waals surface area contributed by atoms with Crippen LogP contribution < -0.4 is 4.57 Å². The highest BCUT2D eigenvalue weighted by atomic mass is 16.3. The molecule has 2 aliphatic rings. The molecule has 2 aromatic heterocycles. The molecular formula is C27H28NO+. The highest BCUT2D eigenvalue weighted by Gasteiger charge is 2.38. The average molecular weight is 384 g/mol. The first-order valence-corrected chi connectivity index (χ1v) is 11.0. The summed E-state index contributed by atoms with van der Waals surface area (Å²) in [6.45, 7) is 2.15. The first kappa shape index (κ1) is 16.2. The van der Waals surface area contributed by atoms with Crippen LogP contribution in [0.2, 0.25) is 0 Å². The molecule has 4 aromatic rings. The van der Waals surface area contributed by atoms with Gasteiger partial charge in [0.15, 0.2) is 6.20 Å². The fourth-order valence-corrected chi connectivity index (χ4v) is 5.93. The summed E-state index contributed by atoms with van der Waals surface area (Å²) in [5.41, 5.74) is 6.47. The number of aromatic nitrogens is 1. The van der Waals surface area contributed by atoms with Gasteiger partial charge in [-0.3, -0.25) is 0 Å². The summed E-state index contributed by atoms with van der Waals surface area (Å²) in [5, 5.41) is 2.30. The van der Waals surface area contributed by atoms with Gasteiger partial charge in [0, 0.05) is 24.3 Å². The Balaban J connectivity index is 1.60. The zero-order valence-electron chi connectivity index (χ0n) is 18.2. The summed E-state index contributed by atoms with van der Waals surface area (Å²) in [6, 6.07) is 17.1. The van der Waals surface area contributed by atoms with E-state index in [1.54, 1.807) is 0 Å². The number of furan rings is 1. The first-order chi connectivity index (χ1) is 14.5. The van der Waals surface area contributed by atoms with Crippen molar-refractivity contribution < 1.29 is 10.4 Å². The molecule has 146 valence electrons. The van der Waals surface area contributed by atoms with Gasteiger partial charge in [0.05, 0.1) is 5.56 Å². The van der Waals surface area contributed by atoms with E-state index in [1.165, 1.54) is 24.8 Å². The molecule has 0 bridgehead atoms. The number of pyridine rings is 1. The van der Waals surface area contributed by atoms with Crippen LogP contribution in [0, 0.1) is 18.8 Å². The van der Waals surface area contributed by atoms with E-state index in [2.05, 4.69) is 73.3 Å². The van der Waals surface area contributed by atoms with Crippen LogP contribution in [-0.2, 0) is 7.05 Å². The van der Waals surface area contributed by atoms with Gasteiger partial charge in [-0.15, -0.1) is 0 Å². The minimum Gasteiger partial charge on any atom is -0.455 e. The van der Waals surface area contributed by atoms with Crippen LogP contribution in [0.4, 0.5) is 0 Å². The van der Waals surface area contributed by atoms with Crippen LogP contribution in [0.1, 0.15) is 50.5 Å². The lowest BCUT2D eigenvalue weighted by Crippen LogP contribution is -2.30. The molecular weight excluding hydrogens is 354 g/mol. The smallest absolute Gasteiger partial charge is 0.216 e. The number of aryl methyl sites for hydroxylation is 2. The van der Waals surface area contributed by atoms with Gasteiger partial charge in [-0.1, -0.05) is 49.6 Å². The number of fused-ring (bicyclic) bond motifs is 4. The Morgan fingerprint density at radius 1 is 0.931 bits per heavy atom. The van der Waals surface area contributed by atoms with Gasteiger partial charge in [0.1, 0.15) is 18.2 Å². The maximum absolute atomic E-state index is 9.41. The van der Waals surface area contributed by atoms with Crippen LogP contribution in [0.25, 0.3) is 33.2 Å². The predicted octanol–water partition coefficient (Wildman–Crippen LogP) is 6.68. The molecule has 2 atom stereocenters. The van der Waals surface area contributed by atoms with Gasteiger partial charge in [-0.05, 0) is 54.7 Å². The van der Waals surface area contributed by atoms with E-state index in [-0.39, 0.29) is 0 Å². The number of rotatable bonds is 2. The standard InChI is InChI=1S/C27H28NO/c1-17-12-13-23-22-10-6-9-21(20-15-18-7-5-8-19(18)16-20)26(22)29-27(23)25(17)24-11-3-4-14-28(24)2/h3-4,6,9-14,18-20H,5,7-8,15-16H2,1-2H3/q+1/i20D. The Kier molecular flexibility index (Phi) is 3.61. The molecule has 2 unspecified atom stereocenters. The zero-order valence-corrected chi connectivity index (χ0v) is 17.2. The second-order valence-corrected chi connectivity index (χ2v) is 9.08. The molecule has 2 aliphatic carbocycles. The summed E-state index contributed by atoms with van der Waals surface area (Å²) in [4.78, 5) is 0. The number of benzene rings is 2. The van der Waals surface area contributed by atoms with Crippen molar-refractivity contribution in [3.05, 3.63) is 65.9 Å². The zero-order chi connectivity index (χ0) is 20.5. The Labute approximate surface area is 173 Å². The van der Waals surface area contributed by atoms with Crippen molar-refractivity contribution in [1.82, 2.24) is 0 Å². The first-order valence-electron chi connectivity index (χ1n) is 11.5. The average Bonchev–Trinajstić information content (AvgIpc) is 3.40. The van der Waals surface area contributed by atoms with Gasteiger partial charge in [-0.25, -0.2) is 4.57 Å². The van der Waals surface area contributed by atoms with Crippen molar-refractivity contribution in [1.29, 1.82) is 0 Å². The summed E-state index contributed by atoms with van der Waals surface area (Å²) in [7, 11) is 2.08. The monoisotopic (exact) mass is 383 g/mol. The lowest BCUT2D eigenvalue weighted by atomic mass is 9.93. The van der Waals surface area contributed by atoms with Gasteiger partial charge in [0.25, 0.3) is 0 Å². The van der Waals surface area contributed by atoms with Gasteiger partial charge < -0.3 is 4.42 Å². The summed E-state index contributed by atoms with van der Waals surface area (Å²) in [6.07, 6.45) is 7.99.